The number of carbonyl (C=O) groups is 2. The van der Waals surface area contributed by atoms with Crippen LogP contribution in [0.4, 0.5) is 0 Å². The number of ether oxygens (including phenoxy) is 1. The van der Waals surface area contributed by atoms with Gasteiger partial charge in [0.2, 0.25) is 0 Å². The van der Waals surface area contributed by atoms with Crippen molar-refractivity contribution in [2.24, 2.45) is 0 Å². The molecule has 3 aromatic rings. The number of carbonyl (C=O) groups excluding carboxylic acids is 2. The zero-order chi connectivity index (χ0) is 20.9. The molecular formula is C24H23ClN2O3. The van der Waals surface area contributed by atoms with Crippen molar-refractivity contribution in [3.05, 3.63) is 65.2 Å². The molecule has 30 heavy (non-hydrogen) atoms. The lowest BCUT2D eigenvalue weighted by Crippen LogP contribution is -2.35. The summed E-state index contributed by atoms with van der Waals surface area (Å²) in [5, 5.41) is 1.23. The number of esters is 1. The number of fused-ring (bicyclic) bond motifs is 1. The minimum absolute atomic E-state index is 0.144. The van der Waals surface area contributed by atoms with Gasteiger partial charge in [0.15, 0.2) is 6.61 Å². The van der Waals surface area contributed by atoms with Gasteiger partial charge in [-0.15, -0.1) is 0 Å². The molecule has 1 aliphatic heterocycles. The third-order valence-corrected chi connectivity index (χ3v) is 5.70. The molecule has 0 atom stereocenters. The van der Waals surface area contributed by atoms with Gasteiger partial charge >= 0.3 is 5.97 Å². The Labute approximate surface area is 180 Å². The summed E-state index contributed by atoms with van der Waals surface area (Å²) < 4.78 is 5.42. The van der Waals surface area contributed by atoms with Crippen LogP contribution in [0.1, 0.15) is 36.0 Å². The Hall–Kier alpha value is -2.92. The number of rotatable bonds is 4. The van der Waals surface area contributed by atoms with E-state index in [-0.39, 0.29) is 12.5 Å². The van der Waals surface area contributed by atoms with Crippen molar-refractivity contribution in [3.8, 4) is 11.3 Å². The molecule has 5 nitrogen and oxygen atoms in total. The Balaban J connectivity index is 1.60. The van der Waals surface area contributed by atoms with Crippen molar-refractivity contribution >= 4 is 34.4 Å². The highest BCUT2D eigenvalue weighted by Crippen LogP contribution is 2.30. The molecule has 2 heterocycles. The average Bonchev–Trinajstić information content (AvgIpc) is 3.06. The van der Waals surface area contributed by atoms with Crippen LogP contribution in [0, 0.1) is 0 Å². The van der Waals surface area contributed by atoms with Crippen LogP contribution >= 0.6 is 11.6 Å². The maximum absolute atomic E-state index is 12.9. The molecule has 6 heteroatoms. The van der Waals surface area contributed by atoms with Crippen LogP contribution < -0.4 is 0 Å². The fourth-order valence-electron chi connectivity index (χ4n) is 3.77. The topological polar surface area (TPSA) is 59.5 Å². The van der Waals surface area contributed by atoms with Crippen molar-refractivity contribution in [1.29, 1.82) is 0 Å². The number of aromatic nitrogens is 1. The zero-order valence-electron chi connectivity index (χ0n) is 16.6. The molecule has 4 rings (SSSR count). The first-order chi connectivity index (χ1) is 14.6. The molecular weight excluding hydrogens is 400 g/mol. The van der Waals surface area contributed by atoms with Gasteiger partial charge < -0.3 is 9.64 Å². The van der Waals surface area contributed by atoms with Gasteiger partial charge in [0.05, 0.1) is 16.8 Å². The molecule has 1 saturated heterocycles. The standard InChI is InChI=1S/C24H23ClN2O3/c25-20-11-5-3-10-18(20)22-15-19(17-9-4-6-12-21(17)26-22)24(29)30-16-23(28)27-13-7-1-2-8-14-27/h3-6,9-12,15H,1-2,7-8,13-14,16H2. The summed E-state index contributed by atoms with van der Waals surface area (Å²) in [6, 6.07) is 16.4. The van der Waals surface area contributed by atoms with Gasteiger partial charge in [-0.2, -0.15) is 0 Å². The Morgan fingerprint density at radius 1 is 0.967 bits per heavy atom. The molecule has 0 aliphatic carbocycles. The molecule has 0 unspecified atom stereocenters. The van der Waals surface area contributed by atoms with Crippen molar-refractivity contribution in [1.82, 2.24) is 9.88 Å². The van der Waals surface area contributed by atoms with E-state index in [9.17, 15) is 9.59 Å². The lowest BCUT2D eigenvalue weighted by Gasteiger charge is -2.20. The quantitative estimate of drug-likeness (QED) is 0.548. The van der Waals surface area contributed by atoms with Gasteiger partial charge in [-0.3, -0.25) is 4.79 Å². The first kappa shape index (κ1) is 20.4. The van der Waals surface area contributed by atoms with E-state index in [1.165, 1.54) is 0 Å². The third-order valence-electron chi connectivity index (χ3n) is 5.37. The van der Waals surface area contributed by atoms with Gasteiger partial charge in [-0.1, -0.05) is 60.8 Å². The fourth-order valence-corrected chi connectivity index (χ4v) is 4.00. The highest BCUT2D eigenvalue weighted by atomic mass is 35.5. The van der Waals surface area contributed by atoms with Gasteiger partial charge in [0.25, 0.3) is 5.91 Å². The van der Waals surface area contributed by atoms with Gasteiger partial charge in [0, 0.05) is 29.1 Å². The van der Waals surface area contributed by atoms with Crippen LogP contribution in [0.25, 0.3) is 22.2 Å². The monoisotopic (exact) mass is 422 g/mol. The van der Waals surface area contributed by atoms with Gasteiger partial charge in [-0.25, -0.2) is 9.78 Å². The number of nitrogens with zero attached hydrogens (tertiary/aromatic N) is 2. The number of amides is 1. The van der Waals surface area contributed by atoms with Crippen LogP contribution in [-0.2, 0) is 9.53 Å². The van der Waals surface area contributed by atoms with Crippen LogP contribution in [0.2, 0.25) is 5.02 Å². The Morgan fingerprint density at radius 3 is 2.43 bits per heavy atom. The van der Waals surface area contributed by atoms with E-state index in [2.05, 4.69) is 4.98 Å². The minimum atomic E-state index is -0.537. The van der Waals surface area contributed by atoms with Crippen molar-refractivity contribution < 1.29 is 14.3 Å². The molecule has 154 valence electrons. The average molecular weight is 423 g/mol. The Morgan fingerprint density at radius 2 is 1.67 bits per heavy atom. The summed E-state index contributed by atoms with van der Waals surface area (Å²) in [5.41, 5.74) is 2.37. The van der Waals surface area contributed by atoms with E-state index < -0.39 is 5.97 Å². The van der Waals surface area contributed by atoms with E-state index in [1.54, 1.807) is 17.0 Å². The number of para-hydroxylation sites is 1. The lowest BCUT2D eigenvalue weighted by atomic mass is 10.0. The summed E-state index contributed by atoms with van der Waals surface area (Å²) in [5.74, 6) is -0.681. The second kappa shape index (κ2) is 9.26. The molecule has 0 bridgehead atoms. The number of halogens is 1. The molecule has 0 radical (unpaired) electrons. The molecule has 0 N–H and O–H groups in total. The molecule has 1 amide bonds. The summed E-state index contributed by atoms with van der Waals surface area (Å²) >= 11 is 6.34. The normalized spacial score (nSPS) is 14.4. The van der Waals surface area contributed by atoms with Crippen molar-refractivity contribution in [2.75, 3.05) is 19.7 Å². The van der Waals surface area contributed by atoms with E-state index in [1.807, 2.05) is 42.5 Å². The number of likely N-dealkylation sites (tertiary alicyclic amines) is 1. The number of hydrogen-bond acceptors (Lipinski definition) is 4. The summed E-state index contributed by atoms with van der Waals surface area (Å²) in [4.78, 5) is 31.9. The van der Waals surface area contributed by atoms with Crippen LogP contribution in [0.15, 0.2) is 54.6 Å². The maximum atomic E-state index is 12.9. The first-order valence-corrected chi connectivity index (χ1v) is 10.6. The summed E-state index contributed by atoms with van der Waals surface area (Å²) in [7, 11) is 0. The Bertz CT molecular complexity index is 1070. The Kier molecular flexibility index (Phi) is 6.29. The zero-order valence-corrected chi connectivity index (χ0v) is 17.4. The van der Waals surface area contributed by atoms with Gasteiger partial charge in [-0.05, 0) is 31.0 Å². The number of pyridine rings is 1. The van der Waals surface area contributed by atoms with Crippen molar-refractivity contribution in [2.45, 2.75) is 25.7 Å². The van der Waals surface area contributed by atoms with Gasteiger partial charge in [0.1, 0.15) is 0 Å². The molecule has 0 saturated carbocycles. The number of hydrogen-bond donors (Lipinski definition) is 0. The fraction of sp³-hybridized carbons (Fsp3) is 0.292. The van der Waals surface area contributed by atoms with Crippen LogP contribution in [-0.4, -0.2) is 41.5 Å². The third kappa shape index (κ3) is 4.46. The van der Waals surface area contributed by atoms with Crippen LogP contribution in [0.3, 0.4) is 0 Å². The predicted octanol–water partition coefficient (Wildman–Crippen LogP) is 5.11. The van der Waals surface area contributed by atoms with Crippen LogP contribution in [0.5, 0.6) is 0 Å². The molecule has 1 aliphatic rings. The van der Waals surface area contributed by atoms with Crippen molar-refractivity contribution in [3.63, 3.8) is 0 Å². The second-order valence-electron chi connectivity index (χ2n) is 7.42. The molecule has 1 aromatic heterocycles. The lowest BCUT2D eigenvalue weighted by molar-refractivity contribution is -0.134. The first-order valence-electron chi connectivity index (χ1n) is 10.2. The molecule has 1 fully saturated rings. The predicted molar refractivity (Wildman–Crippen MR) is 118 cm³/mol. The number of benzene rings is 2. The molecule has 2 aromatic carbocycles. The minimum Gasteiger partial charge on any atom is -0.452 e. The highest BCUT2D eigenvalue weighted by Gasteiger charge is 2.20. The van der Waals surface area contributed by atoms with E-state index in [0.29, 0.717) is 27.2 Å². The smallest absolute Gasteiger partial charge is 0.339 e. The van der Waals surface area contributed by atoms with E-state index in [0.717, 1.165) is 44.3 Å². The highest BCUT2D eigenvalue weighted by molar-refractivity contribution is 6.33. The largest absolute Gasteiger partial charge is 0.452 e. The summed E-state index contributed by atoms with van der Waals surface area (Å²) in [6.45, 7) is 1.20. The maximum Gasteiger partial charge on any atom is 0.339 e. The van der Waals surface area contributed by atoms with E-state index in [4.69, 9.17) is 16.3 Å². The van der Waals surface area contributed by atoms with E-state index >= 15 is 0 Å². The SMILES string of the molecule is O=C(OCC(=O)N1CCCCCC1)c1cc(-c2ccccc2Cl)nc2ccccc12. The second-order valence-corrected chi connectivity index (χ2v) is 7.83. The molecule has 0 spiro atoms. The summed E-state index contributed by atoms with van der Waals surface area (Å²) in [6.07, 6.45) is 4.26.